The lowest BCUT2D eigenvalue weighted by molar-refractivity contribution is -0.387. The molecular formula is C11H12F2N2O2. The minimum absolute atomic E-state index is 0.149. The largest absolute Gasteiger partial charge is 0.327 e. The van der Waals surface area contributed by atoms with Crippen LogP contribution in [0.2, 0.25) is 0 Å². The van der Waals surface area contributed by atoms with Crippen LogP contribution in [-0.4, -0.2) is 11.0 Å². The Morgan fingerprint density at radius 3 is 2.41 bits per heavy atom. The van der Waals surface area contributed by atoms with Crippen LogP contribution < -0.4 is 5.73 Å². The molecule has 92 valence electrons. The van der Waals surface area contributed by atoms with Crippen LogP contribution in [0.5, 0.6) is 0 Å². The van der Waals surface area contributed by atoms with Crippen LogP contribution in [0.15, 0.2) is 12.1 Å². The van der Waals surface area contributed by atoms with Crippen molar-refractivity contribution in [2.75, 3.05) is 0 Å². The van der Waals surface area contributed by atoms with Gasteiger partial charge in [-0.15, -0.1) is 0 Å². The summed E-state index contributed by atoms with van der Waals surface area (Å²) in [6, 6.07) is 1.23. The normalized spacial score (nSPS) is 18.8. The zero-order chi connectivity index (χ0) is 12.8. The first-order chi connectivity index (χ1) is 7.88. The van der Waals surface area contributed by atoms with Crippen LogP contribution in [0.3, 0.4) is 0 Å². The zero-order valence-corrected chi connectivity index (χ0v) is 9.24. The minimum atomic E-state index is -1.02. The number of halogens is 2. The van der Waals surface area contributed by atoms with Crippen LogP contribution in [0, 0.1) is 21.7 Å². The summed E-state index contributed by atoms with van der Waals surface area (Å²) in [5.41, 5.74) is 4.51. The average Bonchev–Trinajstić information content (AvgIpc) is 3.01. The fourth-order valence-corrected chi connectivity index (χ4v) is 2.16. The van der Waals surface area contributed by atoms with E-state index in [4.69, 9.17) is 5.73 Å². The highest BCUT2D eigenvalue weighted by Crippen LogP contribution is 2.51. The van der Waals surface area contributed by atoms with Crippen molar-refractivity contribution in [3.8, 4) is 0 Å². The summed E-state index contributed by atoms with van der Waals surface area (Å²) < 4.78 is 27.2. The molecule has 1 aliphatic carbocycles. The molecule has 0 amide bonds. The SMILES string of the molecule is CC(N)C1(c2cc(F)c([N+](=O)[O-])cc2F)CC1. The number of nitrogens with zero attached hydrogens (tertiary/aromatic N) is 1. The molecule has 0 heterocycles. The van der Waals surface area contributed by atoms with E-state index in [1.165, 1.54) is 0 Å². The maximum atomic E-state index is 13.8. The molecule has 1 unspecified atom stereocenters. The van der Waals surface area contributed by atoms with E-state index in [9.17, 15) is 18.9 Å². The highest BCUT2D eigenvalue weighted by Gasteiger charge is 2.49. The maximum Gasteiger partial charge on any atom is 0.307 e. The van der Waals surface area contributed by atoms with Crippen molar-refractivity contribution in [1.29, 1.82) is 0 Å². The smallest absolute Gasteiger partial charge is 0.307 e. The molecule has 0 bridgehead atoms. The van der Waals surface area contributed by atoms with Crippen LogP contribution in [0.1, 0.15) is 25.3 Å². The van der Waals surface area contributed by atoms with E-state index in [0.29, 0.717) is 18.9 Å². The molecule has 0 saturated heterocycles. The average molecular weight is 242 g/mol. The van der Waals surface area contributed by atoms with Crippen molar-refractivity contribution in [2.45, 2.75) is 31.2 Å². The van der Waals surface area contributed by atoms with Crippen LogP contribution >= 0.6 is 0 Å². The van der Waals surface area contributed by atoms with Gasteiger partial charge in [0.25, 0.3) is 0 Å². The Bertz CT molecular complexity index is 485. The van der Waals surface area contributed by atoms with Crippen molar-refractivity contribution in [1.82, 2.24) is 0 Å². The maximum absolute atomic E-state index is 13.8. The van der Waals surface area contributed by atoms with Crippen molar-refractivity contribution >= 4 is 5.69 Å². The molecule has 1 aromatic carbocycles. The highest BCUT2D eigenvalue weighted by molar-refractivity contribution is 5.42. The lowest BCUT2D eigenvalue weighted by Gasteiger charge is -2.20. The Morgan fingerprint density at radius 1 is 1.41 bits per heavy atom. The first-order valence-corrected chi connectivity index (χ1v) is 5.28. The summed E-state index contributed by atoms with van der Waals surface area (Å²) >= 11 is 0. The summed E-state index contributed by atoms with van der Waals surface area (Å²) in [5, 5.41) is 10.5. The molecular weight excluding hydrogens is 230 g/mol. The number of nitro groups is 1. The van der Waals surface area contributed by atoms with Gasteiger partial charge in [0.15, 0.2) is 0 Å². The van der Waals surface area contributed by atoms with Crippen molar-refractivity contribution < 1.29 is 13.7 Å². The van der Waals surface area contributed by atoms with Gasteiger partial charge in [0.2, 0.25) is 5.82 Å². The Balaban J connectivity index is 2.51. The molecule has 17 heavy (non-hydrogen) atoms. The first kappa shape index (κ1) is 11.9. The quantitative estimate of drug-likeness (QED) is 0.652. The fraction of sp³-hybridized carbons (Fsp3) is 0.455. The van der Waals surface area contributed by atoms with E-state index in [0.717, 1.165) is 6.07 Å². The lowest BCUT2D eigenvalue weighted by atomic mass is 9.89. The predicted molar refractivity (Wildman–Crippen MR) is 57.6 cm³/mol. The van der Waals surface area contributed by atoms with Gasteiger partial charge in [0, 0.05) is 11.5 Å². The molecule has 0 radical (unpaired) electrons. The summed E-state index contributed by atoms with van der Waals surface area (Å²) in [5.74, 6) is -1.77. The summed E-state index contributed by atoms with van der Waals surface area (Å²) in [6.07, 6.45) is 1.36. The second kappa shape index (κ2) is 3.73. The van der Waals surface area contributed by atoms with Gasteiger partial charge < -0.3 is 5.73 Å². The summed E-state index contributed by atoms with van der Waals surface area (Å²) in [7, 11) is 0. The Hall–Kier alpha value is -1.56. The second-order valence-electron chi connectivity index (χ2n) is 4.49. The number of hydrogen-bond donors (Lipinski definition) is 1. The highest BCUT2D eigenvalue weighted by atomic mass is 19.1. The third-order valence-corrected chi connectivity index (χ3v) is 3.43. The fourth-order valence-electron chi connectivity index (χ4n) is 2.16. The van der Waals surface area contributed by atoms with Crippen molar-refractivity contribution in [2.24, 2.45) is 5.73 Å². The van der Waals surface area contributed by atoms with Gasteiger partial charge in [0.05, 0.1) is 11.0 Å². The minimum Gasteiger partial charge on any atom is -0.327 e. The van der Waals surface area contributed by atoms with E-state index in [-0.39, 0.29) is 11.6 Å². The molecule has 1 saturated carbocycles. The van der Waals surface area contributed by atoms with Gasteiger partial charge >= 0.3 is 5.69 Å². The Labute approximate surface area is 96.6 Å². The van der Waals surface area contributed by atoms with E-state index in [2.05, 4.69) is 0 Å². The monoisotopic (exact) mass is 242 g/mol. The third kappa shape index (κ3) is 1.78. The number of hydrogen-bond acceptors (Lipinski definition) is 3. The van der Waals surface area contributed by atoms with Crippen LogP contribution in [0.4, 0.5) is 14.5 Å². The Kier molecular flexibility index (Phi) is 2.61. The molecule has 2 N–H and O–H groups in total. The zero-order valence-electron chi connectivity index (χ0n) is 9.24. The van der Waals surface area contributed by atoms with Crippen molar-refractivity contribution in [3.63, 3.8) is 0 Å². The Morgan fingerprint density at radius 2 is 2.00 bits per heavy atom. The van der Waals surface area contributed by atoms with Crippen LogP contribution in [0.25, 0.3) is 0 Å². The molecule has 1 atom stereocenters. The number of nitrogens with two attached hydrogens (primary N) is 1. The predicted octanol–water partition coefficient (Wildman–Crippen LogP) is 2.25. The van der Waals surface area contributed by atoms with E-state index in [1.807, 2.05) is 0 Å². The van der Waals surface area contributed by atoms with Gasteiger partial charge in [-0.1, -0.05) is 0 Å². The first-order valence-electron chi connectivity index (χ1n) is 5.28. The van der Waals surface area contributed by atoms with Gasteiger partial charge in [-0.25, -0.2) is 4.39 Å². The standard InChI is InChI=1S/C11H12F2N2O2/c1-6(14)11(2-3-11)7-4-9(13)10(15(16)17)5-8(7)12/h4-6H,2-3,14H2,1H3. The number of rotatable bonds is 3. The summed E-state index contributed by atoms with van der Waals surface area (Å²) in [4.78, 5) is 9.52. The molecule has 1 aliphatic rings. The summed E-state index contributed by atoms with van der Waals surface area (Å²) in [6.45, 7) is 1.73. The number of nitro benzene ring substituents is 1. The molecule has 2 rings (SSSR count). The molecule has 4 nitrogen and oxygen atoms in total. The topological polar surface area (TPSA) is 69.2 Å². The van der Waals surface area contributed by atoms with Gasteiger partial charge in [-0.3, -0.25) is 10.1 Å². The number of benzene rings is 1. The van der Waals surface area contributed by atoms with Gasteiger partial charge in [-0.2, -0.15) is 4.39 Å². The molecule has 0 aliphatic heterocycles. The van der Waals surface area contributed by atoms with E-state index in [1.54, 1.807) is 6.92 Å². The second-order valence-corrected chi connectivity index (χ2v) is 4.49. The van der Waals surface area contributed by atoms with Crippen molar-refractivity contribution in [3.05, 3.63) is 39.4 Å². The van der Waals surface area contributed by atoms with E-state index < -0.39 is 27.7 Å². The molecule has 6 heteroatoms. The molecule has 1 fully saturated rings. The molecule has 0 spiro atoms. The third-order valence-electron chi connectivity index (χ3n) is 3.43. The van der Waals surface area contributed by atoms with E-state index >= 15 is 0 Å². The van der Waals surface area contributed by atoms with Crippen LogP contribution in [-0.2, 0) is 5.41 Å². The van der Waals surface area contributed by atoms with Gasteiger partial charge in [0.1, 0.15) is 5.82 Å². The lowest BCUT2D eigenvalue weighted by Crippen LogP contribution is -2.32. The molecule has 1 aromatic rings. The molecule has 0 aromatic heterocycles. The van der Waals surface area contributed by atoms with Gasteiger partial charge in [-0.05, 0) is 31.4 Å².